The molecule has 1 aliphatic heterocycles. The summed E-state index contributed by atoms with van der Waals surface area (Å²) in [7, 11) is 2.10. The van der Waals surface area contributed by atoms with Crippen LogP contribution in [0.4, 0.5) is 10.2 Å². The summed E-state index contributed by atoms with van der Waals surface area (Å²) in [5.41, 5.74) is 1.26. The van der Waals surface area contributed by atoms with E-state index < -0.39 is 0 Å². The molecule has 0 spiro atoms. The zero-order valence-corrected chi connectivity index (χ0v) is 14.5. The van der Waals surface area contributed by atoms with Crippen molar-refractivity contribution < 1.29 is 9.18 Å². The van der Waals surface area contributed by atoms with Gasteiger partial charge < -0.3 is 9.80 Å². The van der Waals surface area contributed by atoms with E-state index in [-0.39, 0.29) is 10.9 Å². The largest absolute Gasteiger partial charge is 0.354 e. The third-order valence-corrected chi connectivity index (χ3v) is 4.70. The Bertz CT molecular complexity index is 730. The lowest BCUT2D eigenvalue weighted by atomic mass is 10.2. The van der Waals surface area contributed by atoms with Crippen molar-refractivity contribution in [3.8, 4) is 0 Å². The number of likely N-dealkylation sites (N-methyl/N-ethyl adjacent to an activating group) is 1. The lowest BCUT2D eigenvalue weighted by molar-refractivity contribution is 0.108. The van der Waals surface area contributed by atoms with Gasteiger partial charge in [0.2, 0.25) is 5.12 Å². The van der Waals surface area contributed by atoms with Crippen molar-refractivity contribution in [2.45, 2.75) is 12.1 Å². The van der Waals surface area contributed by atoms with Gasteiger partial charge in [0.1, 0.15) is 11.6 Å². The average molecular weight is 346 g/mol. The van der Waals surface area contributed by atoms with Gasteiger partial charge in [0, 0.05) is 43.5 Å². The van der Waals surface area contributed by atoms with E-state index in [1.807, 2.05) is 13.0 Å². The number of nitrogens with zero attached hydrogens (tertiary/aromatic N) is 4. The highest BCUT2D eigenvalue weighted by molar-refractivity contribution is 8.14. The molecule has 1 saturated heterocycles. The molecule has 5 nitrogen and oxygen atoms in total. The van der Waals surface area contributed by atoms with Gasteiger partial charge in [-0.2, -0.15) is 0 Å². The molecule has 7 heteroatoms. The Morgan fingerprint density at radius 3 is 2.46 bits per heavy atom. The second-order valence-corrected chi connectivity index (χ2v) is 6.78. The predicted molar refractivity (Wildman–Crippen MR) is 93.1 cm³/mol. The topological polar surface area (TPSA) is 49.3 Å². The second kappa shape index (κ2) is 7.27. The molecule has 0 radical (unpaired) electrons. The van der Waals surface area contributed by atoms with Crippen molar-refractivity contribution in [1.29, 1.82) is 0 Å². The van der Waals surface area contributed by atoms with E-state index >= 15 is 0 Å². The second-order valence-electron chi connectivity index (χ2n) is 5.84. The van der Waals surface area contributed by atoms with Gasteiger partial charge in [0.15, 0.2) is 5.16 Å². The van der Waals surface area contributed by atoms with E-state index in [0.29, 0.717) is 10.7 Å². The lowest BCUT2D eigenvalue weighted by Crippen LogP contribution is -2.44. The number of halogens is 1. The maximum absolute atomic E-state index is 13.0. The highest BCUT2D eigenvalue weighted by Gasteiger charge is 2.18. The molecule has 0 aliphatic carbocycles. The molecule has 2 aromatic rings. The number of carbonyl (C=O) groups excluding carboxylic acids is 1. The van der Waals surface area contributed by atoms with E-state index in [1.54, 1.807) is 0 Å². The summed E-state index contributed by atoms with van der Waals surface area (Å²) in [5.74, 6) is 0.491. The molecular formula is C17H19FN4OS. The first-order chi connectivity index (χ1) is 11.5. The third-order valence-electron chi connectivity index (χ3n) is 3.91. The summed E-state index contributed by atoms with van der Waals surface area (Å²) in [6.07, 6.45) is 0. The average Bonchev–Trinajstić information content (AvgIpc) is 2.55. The fourth-order valence-corrected chi connectivity index (χ4v) is 3.24. The van der Waals surface area contributed by atoms with Gasteiger partial charge >= 0.3 is 0 Å². The zero-order valence-electron chi connectivity index (χ0n) is 13.7. The van der Waals surface area contributed by atoms with Crippen LogP contribution in [0.5, 0.6) is 0 Å². The fourth-order valence-electron chi connectivity index (χ4n) is 2.50. The minimum absolute atomic E-state index is 0.190. The molecule has 0 bridgehead atoms. The quantitative estimate of drug-likeness (QED) is 0.629. The SMILES string of the molecule is Cc1cc(N2CCN(C)CC2)nc(SC(=O)c2ccc(F)cc2)n1. The van der Waals surface area contributed by atoms with Crippen LogP contribution < -0.4 is 4.90 Å². The van der Waals surface area contributed by atoms with Crippen molar-refractivity contribution >= 4 is 22.7 Å². The smallest absolute Gasteiger partial charge is 0.227 e. The molecular weight excluding hydrogens is 327 g/mol. The number of piperazine rings is 1. The van der Waals surface area contributed by atoms with E-state index in [0.717, 1.165) is 49.5 Å². The molecule has 0 atom stereocenters. The number of rotatable bonds is 3. The highest BCUT2D eigenvalue weighted by Crippen LogP contribution is 2.23. The fraction of sp³-hybridized carbons (Fsp3) is 0.353. The number of carbonyl (C=O) groups is 1. The van der Waals surface area contributed by atoms with Crippen LogP contribution in [0.1, 0.15) is 16.1 Å². The van der Waals surface area contributed by atoms with Gasteiger partial charge in [-0.15, -0.1) is 0 Å². The Balaban J connectivity index is 1.76. The molecule has 126 valence electrons. The predicted octanol–water partition coefficient (Wildman–Crippen LogP) is 2.61. The first-order valence-electron chi connectivity index (χ1n) is 7.78. The number of hydrogen-bond donors (Lipinski definition) is 0. The molecule has 1 aromatic carbocycles. The van der Waals surface area contributed by atoms with Crippen molar-refractivity contribution in [1.82, 2.24) is 14.9 Å². The summed E-state index contributed by atoms with van der Waals surface area (Å²) in [4.78, 5) is 25.7. The lowest BCUT2D eigenvalue weighted by Gasteiger charge is -2.33. The van der Waals surface area contributed by atoms with Gasteiger partial charge in [-0.1, -0.05) is 0 Å². The van der Waals surface area contributed by atoms with Crippen molar-refractivity contribution in [3.63, 3.8) is 0 Å². The molecule has 0 saturated carbocycles. The van der Waals surface area contributed by atoms with Crippen LogP contribution >= 0.6 is 11.8 Å². The standard InChI is InChI=1S/C17H19FN4OS/c1-12-11-15(22-9-7-21(2)8-10-22)20-17(19-12)24-16(23)13-3-5-14(18)6-4-13/h3-6,11H,7-10H2,1-2H3. The van der Waals surface area contributed by atoms with Crippen molar-refractivity contribution in [2.24, 2.45) is 0 Å². The van der Waals surface area contributed by atoms with Crippen molar-refractivity contribution in [3.05, 3.63) is 47.4 Å². The molecule has 3 rings (SSSR count). The maximum atomic E-state index is 13.0. The van der Waals surface area contributed by atoms with E-state index in [9.17, 15) is 9.18 Å². The summed E-state index contributed by atoms with van der Waals surface area (Å²) < 4.78 is 13.0. The molecule has 2 heterocycles. The van der Waals surface area contributed by atoms with Gasteiger partial charge in [-0.3, -0.25) is 4.79 Å². The third kappa shape index (κ3) is 4.10. The Morgan fingerprint density at radius 2 is 1.79 bits per heavy atom. The Morgan fingerprint density at radius 1 is 1.12 bits per heavy atom. The van der Waals surface area contributed by atoms with Gasteiger partial charge in [0.05, 0.1) is 0 Å². The van der Waals surface area contributed by atoms with Gasteiger partial charge in [-0.25, -0.2) is 14.4 Å². The molecule has 1 aliphatic rings. The number of thioether (sulfide) groups is 1. The zero-order chi connectivity index (χ0) is 17.1. The molecule has 1 fully saturated rings. The number of anilines is 1. The monoisotopic (exact) mass is 346 g/mol. The van der Waals surface area contributed by atoms with E-state index in [4.69, 9.17) is 0 Å². The van der Waals surface area contributed by atoms with Crippen LogP contribution in [0.15, 0.2) is 35.5 Å². The molecule has 0 unspecified atom stereocenters. The minimum atomic E-state index is -0.360. The Hall–Kier alpha value is -1.99. The first-order valence-corrected chi connectivity index (χ1v) is 8.60. The number of aryl methyl sites for hydroxylation is 1. The maximum Gasteiger partial charge on any atom is 0.227 e. The summed E-state index contributed by atoms with van der Waals surface area (Å²) in [6.45, 7) is 5.68. The Labute approximate surface area is 144 Å². The van der Waals surface area contributed by atoms with Crippen LogP contribution in [0.2, 0.25) is 0 Å². The molecule has 1 aromatic heterocycles. The van der Waals surface area contributed by atoms with Crippen LogP contribution in [-0.4, -0.2) is 53.2 Å². The summed E-state index contributed by atoms with van der Waals surface area (Å²) in [6, 6.07) is 7.45. The highest BCUT2D eigenvalue weighted by atomic mass is 32.2. The van der Waals surface area contributed by atoms with Crippen LogP contribution in [0.25, 0.3) is 0 Å². The normalized spacial score (nSPS) is 15.5. The van der Waals surface area contributed by atoms with Crippen LogP contribution in [0, 0.1) is 12.7 Å². The number of aromatic nitrogens is 2. The molecule has 0 N–H and O–H groups in total. The molecule has 24 heavy (non-hydrogen) atoms. The van der Waals surface area contributed by atoms with Gasteiger partial charge in [0.25, 0.3) is 0 Å². The van der Waals surface area contributed by atoms with Crippen molar-refractivity contribution in [2.75, 3.05) is 38.1 Å². The number of hydrogen-bond acceptors (Lipinski definition) is 6. The minimum Gasteiger partial charge on any atom is -0.354 e. The van der Waals surface area contributed by atoms with Gasteiger partial charge in [-0.05, 0) is 50.0 Å². The van der Waals surface area contributed by atoms with E-state index in [1.165, 1.54) is 24.3 Å². The van der Waals surface area contributed by atoms with E-state index in [2.05, 4.69) is 26.8 Å². The summed E-state index contributed by atoms with van der Waals surface area (Å²) in [5, 5.41) is 0.239. The van der Waals surface area contributed by atoms with Crippen LogP contribution in [-0.2, 0) is 0 Å². The molecule has 0 amide bonds. The summed E-state index contributed by atoms with van der Waals surface area (Å²) >= 11 is 0.975. The first kappa shape index (κ1) is 16.9. The van der Waals surface area contributed by atoms with Crippen LogP contribution in [0.3, 0.4) is 0 Å². The number of benzene rings is 1. The Kier molecular flexibility index (Phi) is 5.11.